The van der Waals surface area contributed by atoms with Gasteiger partial charge in [-0.3, -0.25) is 14.9 Å². The number of nitrogens with one attached hydrogen (secondary N) is 2. The number of nitrogens with two attached hydrogens (primary N) is 1. The van der Waals surface area contributed by atoms with Crippen molar-refractivity contribution in [3.63, 3.8) is 0 Å². The van der Waals surface area contributed by atoms with Gasteiger partial charge in [0.05, 0.1) is 0 Å². The van der Waals surface area contributed by atoms with E-state index in [9.17, 15) is 18.0 Å². The van der Waals surface area contributed by atoms with E-state index in [1.54, 1.807) is 0 Å². The van der Waals surface area contributed by atoms with Crippen molar-refractivity contribution in [2.24, 2.45) is 11.1 Å². The van der Waals surface area contributed by atoms with E-state index in [2.05, 4.69) is 48.2 Å². The lowest BCUT2D eigenvalue weighted by Gasteiger charge is -2.42. The van der Waals surface area contributed by atoms with E-state index < -0.39 is 11.9 Å². The van der Waals surface area contributed by atoms with E-state index in [-0.39, 0.29) is 22.4 Å². The summed E-state index contributed by atoms with van der Waals surface area (Å²) < 4.78 is 39.6. The maximum absolute atomic E-state index is 13.3. The zero-order valence-electron chi connectivity index (χ0n) is 21.0. The van der Waals surface area contributed by atoms with Gasteiger partial charge >= 0.3 is 6.18 Å². The topological polar surface area (TPSA) is 117 Å². The van der Waals surface area contributed by atoms with Crippen molar-refractivity contribution in [3.8, 4) is 0 Å². The summed E-state index contributed by atoms with van der Waals surface area (Å²) in [6.07, 6.45) is 0.970. The summed E-state index contributed by atoms with van der Waals surface area (Å²) in [5.74, 6) is 0.469. The van der Waals surface area contributed by atoms with Crippen molar-refractivity contribution in [2.45, 2.75) is 44.3 Å². The van der Waals surface area contributed by atoms with Crippen molar-refractivity contribution < 1.29 is 13.2 Å². The average Bonchev–Trinajstić information content (AvgIpc) is 3.47. The lowest BCUT2D eigenvalue weighted by Crippen LogP contribution is -2.45. The zero-order chi connectivity index (χ0) is 26.9. The number of nitrogens with zero attached hydrogens (tertiary/aromatic N) is 4. The summed E-state index contributed by atoms with van der Waals surface area (Å²) in [5.41, 5.74) is 10.1. The van der Waals surface area contributed by atoms with Crippen LogP contribution in [0.2, 0.25) is 0 Å². The Morgan fingerprint density at radius 3 is 2.64 bits per heavy atom. The number of aryl methyl sites for hydroxylation is 1. The maximum atomic E-state index is 13.3. The molecule has 1 saturated heterocycles. The molecule has 39 heavy (non-hydrogen) atoms. The standard InChI is InChI=1S/C28H26F3N7O/c29-28(30,31)20-9-8-17-18(6-3-7-19(17)33-20)22-21-24(37-36-22)34-26(35-25(21)39)38-12-10-27(11-13-38)14-15-4-1-2-5-16(15)23(27)32/h1-2,4-6,8-9,23H,3,7,10-14,32H2,(H2,34,35,36,37,39)/t23-/m1/s1. The Balaban J connectivity index is 1.17. The first-order valence-corrected chi connectivity index (χ1v) is 13.1. The minimum Gasteiger partial charge on any atom is -0.342 e. The van der Waals surface area contributed by atoms with Gasteiger partial charge in [0.25, 0.3) is 5.56 Å². The molecule has 4 heterocycles. The van der Waals surface area contributed by atoms with Crippen molar-refractivity contribution in [3.05, 3.63) is 86.6 Å². The Labute approximate surface area is 221 Å². The van der Waals surface area contributed by atoms with Crippen LogP contribution < -0.4 is 16.2 Å². The predicted octanol–water partition coefficient (Wildman–Crippen LogP) is 4.28. The highest BCUT2D eigenvalue weighted by Crippen LogP contribution is 2.50. The van der Waals surface area contributed by atoms with E-state index in [1.807, 2.05) is 12.1 Å². The van der Waals surface area contributed by atoms with Crippen LogP contribution in [-0.2, 0) is 19.0 Å². The number of pyridine rings is 1. The van der Waals surface area contributed by atoms with Gasteiger partial charge in [-0.25, -0.2) is 4.98 Å². The molecule has 0 bridgehead atoms. The minimum atomic E-state index is -4.52. The number of fused-ring (bicyclic) bond motifs is 3. The number of aromatic nitrogens is 5. The molecule has 1 fully saturated rings. The molecule has 4 N–H and O–H groups in total. The largest absolute Gasteiger partial charge is 0.433 e. The molecule has 11 heteroatoms. The summed E-state index contributed by atoms with van der Waals surface area (Å²) in [4.78, 5) is 26.8. The second kappa shape index (κ2) is 8.51. The highest BCUT2D eigenvalue weighted by Gasteiger charge is 2.46. The maximum Gasteiger partial charge on any atom is 0.433 e. The Morgan fingerprint density at radius 2 is 1.87 bits per heavy atom. The first-order valence-electron chi connectivity index (χ1n) is 13.1. The number of benzene rings is 1. The lowest BCUT2D eigenvalue weighted by atomic mass is 9.73. The van der Waals surface area contributed by atoms with Gasteiger partial charge in [0, 0.05) is 36.0 Å². The molecule has 3 aliphatic rings. The highest BCUT2D eigenvalue weighted by molar-refractivity contribution is 5.94. The van der Waals surface area contributed by atoms with Crippen LogP contribution in [0.4, 0.5) is 19.1 Å². The van der Waals surface area contributed by atoms with E-state index >= 15 is 0 Å². The number of hydrogen-bond donors (Lipinski definition) is 3. The predicted molar refractivity (Wildman–Crippen MR) is 140 cm³/mol. The summed E-state index contributed by atoms with van der Waals surface area (Å²) >= 11 is 0. The van der Waals surface area contributed by atoms with E-state index in [0.29, 0.717) is 60.1 Å². The first-order chi connectivity index (χ1) is 18.7. The van der Waals surface area contributed by atoms with Gasteiger partial charge in [-0.15, -0.1) is 0 Å². The summed E-state index contributed by atoms with van der Waals surface area (Å²) in [6.45, 7) is 1.42. The molecule has 3 aromatic heterocycles. The molecular weight excluding hydrogens is 507 g/mol. The van der Waals surface area contributed by atoms with Crippen molar-refractivity contribution >= 4 is 22.6 Å². The lowest BCUT2D eigenvalue weighted by molar-refractivity contribution is -0.141. The monoisotopic (exact) mass is 533 g/mol. The zero-order valence-corrected chi connectivity index (χ0v) is 21.0. The van der Waals surface area contributed by atoms with Gasteiger partial charge < -0.3 is 10.6 Å². The fourth-order valence-corrected chi connectivity index (χ4v) is 6.52. The fourth-order valence-electron chi connectivity index (χ4n) is 6.52. The third kappa shape index (κ3) is 3.78. The van der Waals surface area contributed by atoms with Gasteiger partial charge in [-0.1, -0.05) is 36.4 Å². The van der Waals surface area contributed by atoms with Crippen LogP contribution in [0.15, 0.2) is 47.3 Å². The van der Waals surface area contributed by atoms with Gasteiger partial charge in [0.1, 0.15) is 16.8 Å². The molecule has 0 unspecified atom stereocenters. The fraction of sp³-hybridized carbons (Fsp3) is 0.357. The van der Waals surface area contributed by atoms with Crippen LogP contribution in [0.25, 0.3) is 16.6 Å². The van der Waals surface area contributed by atoms with Crippen molar-refractivity contribution in [1.29, 1.82) is 0 Å². The highest BCUT2D eigenvalue weighted by atomic mass is 19.4. The van der Waals surface area contributed by atoms with Gasteiger partial charge in [-0.05, 0) is 54.7 Å². The van der Waals surface area contributed by atoms with Gasteiger partial charge in [0.2, 0.25) is 5.95 Å². The number of alkyl halides is 3. The van der Waals surface area contributed by atoms with Crippen LogP contribution in [-0.4, -0.2) is 38.2 Å². The quantitative estimate of drug-likeness (QED) is 0.354. The second-order valence-electron chi connectivity index (χ2n) is 10.7. The number of hydrogen-bond acceptors (Lipinski definition) is 6. The first kappa shape index (κ1) is 24.1. The third-order valence-electron chi connectivity index (χ3n) is 8.61. The molecule has 1 spiro atoms. The normalized spacial score (nSPS) is 20.3. The molecule has 7 rings (SSSR count). The van der Waals surface area contributed by atoms with E-state index in [0.717, 1.165) is 25.3 Å². The van der Waals surface area contributed by atoms with Crippen molar-refractivity contribution in [1.82, 2.24) is 25.1 Å². The van der Waals surface area contributed by atoms with Gasteiger partial charge in [-0.2, -0.15) is 23.3 Å². The Bertz CT molecular complexity index is 1700. The molecule has 1 atom stereocenters. The second-order valence-corrected chi connectivity index (χ2v) is 10.7. The number of halogens is 3. The molecule has 0 radical (unpaired) electrons. The van der Waals surface area contributed by atoms with Crippen LogP contribution in [0.5, 0.6) is 0 Å². The Morgan fingerprint density at radius 1 is 1.08 bits per heavy atom. The summed E-state index contributed by atoms with van der Waals surface area (Å²) in [6, 6.07) is 10.7. The van der Waals surface area contributed by atoms with Crippen LogP contribution in [0.1, 0.15) is 59.1 Å². The SMILES string of the molecule is N[C@@H]1c2ccccc2CC12CCN(c1nc3[nH]nc(C4=CCCc5nc(C(F)(F)F)ccc54)c3c(=O)[nH]1)CC2. The smallest absolute Gasteiger partial charge is 0.342 e. The molecule has 4 aromatic rings. The number of rotatable bonds is 2. The Kier molecular flexibility index (Phi) is 5.25. The summed E-state index contributed by atoms with van der Waals surface area (Å²) in [5, 5.41) is 7.51. The molecule has 200 valence electrons. The molecule has 2 aliphatic carbocycles. The van der Waals surface area contributed by atoms with Crippen LogP contribution in [0, 0.1) is 5.41 Å². The third-order valence-corrected chi connectivity index (χ3v) is 8.61. The number of piperidine rings is 1. The van der Waals surface area contributed by atoms with Crippen LogP contribution >= 0.6 is 0 Å². The summed E-state index contributed by atoms with van der Waals surface area (Å²) in [7, 11) is 0. The molecule has 8 nitrogen and oxygen atoms in total. The van der Waals surface area contributed by atoms with Gasteiger partial charge in [0.15, 0.2) is 5.65 Å². The van der Waals surface area contributed by atoms with Crippen LogP contribution in [0.3, 0.4) is 0 Å². The average molecular weight is 534 g/mol. The number of allylic oxidation sites excluding steroid dienone is 1. The number of aromatic amines is 2. The molecular formula is C28H26F3N7O. The number of H-pyrrole nitrogens is 2. The van der Waals surface area contributed by atoms with E-state index in [1.165, 1.54) is 17.2 Å². The molecule has 0 amide bonds. The minimum absolute atomic E-state index is 0.00569. The van der Waals surface area contributed by atoms with E-state index in [4.69, 9.17) is 5.73 Å². The Hall–Kier alpha value is -3.99. The molecule has 1 aliphatic heterocycles. The molecule has 0 saturated carbocycles. The molecule has 1 aromatic carbocycles. The van der Waals surface area contributed by atoms with Crippen molar-refractivity contribution in [2.75, 3.05) is 18.0 Å². The number of anilines is 1.